The molecule has 0 aliphatic heterocycles. The van der Waals surface area contributed by atoms with Crippen LogP contribution in [0.5, 0.6) is 0 Å². The number of benzene rings is 1. The van der Waals surface area contributed by atoms with Crippen molar-refractivity contribution in [2.45, 2.75) is 38.6 Å². The number of rotatable bonds is 7. The maximum Gasteiger partial charge on any atom is 0.334 e. The third kappa shape index (κ3) is 4.28. The summed E-state index contributed by atoms with van der Waals surface area (Å²) in [5.41, 5.74) is 1.20. The largest absolute Gasteiger partial charge is 0.464 e. The van der Waals surface area contributed by atoms with Crippen molar-refractivity contribution in [1.29, 1.82) is 0 Å². The van der Waals surface area contributed by atoms with Gasteiger partial charge in [-0.3, -0.25) is 0 Å². The Labute approximate surface area is 107 Å². The summed E-state index contributed by atoms with van der Waals surface area (Å²) >= 11 is 0. The molecule has 0 saturated heterocycles. The standard InChI is InChI=1S/C14H19NO3/c1-3-18-14(16)13(15-17)10-9-11(2)12-7-5-4-6-8-12/h4-8,11,13H,3,9-10H2,1-2H3. The van der Waals surface area contributed by atoms with Crippen molar-refractivity contribution in [1.82, 2.24) is 0 Å². The van der Waals surface area contributed by atoms with E-state index in [4.69, 9.17) is 4.74 Å². The van der Waals surface area contributed by atoms with Gasteiger partial charge in [-0.2, -0.15) is 0 Å². The number of esters is 1. The zero-order valence-corrected chi connectivity index (χ0v) is 10.8. The van der Waals surface area contributed by atoms with Gasteiger partial charge in [0, 0.05) is 0 Å². The van der Waals surface area contributed by atoms with Crippen molar-refractivity contribution < 1.29 is 9.53 Å². The molecule has 4 heteroatoms. The van der Waals surface area contributed by atoms with Gasteiger partial charge in [-0.15, -0.1) is 4.91 Å². The quantitative estimate of drug-likeness (QED) is 0.550. The molecule has 18 heavy (non-hydrogen) atoms. The maximum absolute atomic E-state index is 11.4. The van der Waals surface area contributed by atoms with Crippen molar-refractivity contribution in [3.05, 3.63) is 40.8 Å². The first-order chi connectivity index (χ1) is 8.69. The number of nitrogens with zero attached hydrogens (tertiary/aromatic N) is 1. The molecule has 0 heterocycles. The molecule has 0 saturated carbocycles. The zero-order chi connectivity index (χ0) is 13.4. The van der Waals surface area contributed by atoms with Crippen LogP contribution in [-0.2, 0) is 9.53 Å². The summed E-state index contributed by atoms with van der Waals surface area (Å²) in [6.45, 7) is 4.06. The molecule has 98 valence electrons. The van der Waals surface area contributed by atoms with Gasteiger partial charge in [0.2, 0.25) is 0 Å². The fourth-order valence-electron chi connectivity index (χ4n) is 1.81. The summed E-state index contributed by atoms with van der Waals surface area (Å²) in [7, 11) is 0. The van der Waals surface area contributed by atoms with E-state index in [0.717, 1.165) is 6.42 Å². The second kappa shape index (κ2) is 7.58. The second-order valence-electron chi connectivity index (χ2n) is 4.26. The van der Waals surface area contributed by atoms with E-state index < -0.39 is 12.0 Å². The average Bonchev–Trinajstić information content (AvgIpc) is 2.40. The monoisotopic (exact) mass is 249 g/mol. The zero-order valence-electron chi connectivity index (χ0n) is 10.8. The molecule has 0 aromatic heterocycles. The number of carbonyl (C=O) groups is 1. The van der Waals surface area contributed by atoms with Crippen LogP contribution < -0.4 is 0 Å². The molecule has 0 spiro atoms. The predicted molar refractivity (Wildman–Crippen MR) is 70.3 cm³/mol. The van der Waals surface area contributed by atoms with E-state index in [2.05, 4.69) is 12.1 Å². The van der Waals surface area contributed by atoms with E-state index in [1.54, 1.807) is 6.92 Å². The van der Waals surface area contributed by atoms with Gasteiger partial charge >= 0.3 is 5.97 Å². The topological polar surface area (TPSA) is 55.7 Å². The second-order valence-corrected chi connectivity index (χ2v) is 4.26. The minimum Gasteiger partial charge on any atom is -0.464 e. The smallest absolute Gasteiger partial charge is 0.334 e. The third-order valence-electron chi connectivity index (χ3n) is 2.93. The van der Waals surface area contributed by atoms with Gasteiger partial charge in [0.1, 0.15) is 0 Å². The molecule has 2 atom stereocenters. The Morgan fingerprint density at radius 3 is 2.50 bits per heavy atom. The van der Waals surface area contributed by atoms with Crippen LogP contribution in [0.2, 0.25) is 0 Å². The summed E-state index contributed by atoms with van der Waals surface area (Å²) in [6, 6.07) is 9.12. The van der Waals surface area contributed by atoms with Crippen molar-refractivity contribution in [3.63, 3.8) is 0 Å². The molecule has 0 amide bonds. The van der Waals surface area contributed by atoms with Crippen molar-refractivity contribution in [2.75, 3.05) is 6.61 Å². The van der Waals surface area contributed by atoms with Crippen molar-refractivity contribution in [2.24, 2.45) is 5.18 Å². The fourth-order valence-corrected chi connectivity index (χ4v) is 1.81. The molecule has 4 nitrogen and oxygen atoms in total. The molecule has 0 fully saturated rings. The molecule has 0 aliphatic rings. The highest BCUT2D eigenvalue weighted by molar-refractivity contribution is 5.75. The Morgan fingerprint density at radius 2 is 1.94 bits per heavy atom. The van der Waals surface area contributed by atoms with Crippen LogP contribution in [0.25, 0.3) is 0 Å². The lowest BCUT2D eigenvalue weighted by Crippen LogP contribution is -2.21. The van der Waals surface area contributed by atoms with Crippen molar-refractivity contribution >= 4 is 5.97 Å². The Morgan fingerprint density at radius 1 is 1.28 bits per heavy atom. The molecule has 0 bridgehead atoms. The van der Waals surface area contributed by atoms with Gasteiger partial charge in [0.25, 0.3) is 0 Å². The summed E-state index contributed by atoms with van der Waals surface area (Å²) in [4.78, 5) is 22.0. The van der Waals surface area contributed by atoms with E-state index in [1.165, 1.54) is 5.56 Å². The number of carbonyl (C=O) groups excluding carboxylic acids is 1. The molecule has 2 unspecified atom stereocenters. The normalized spacial score (nSPS) is 13.7. The molecule has 1 rings (SSSR count). The van der Waals surface area contributed by atoms with Crippen LogP contribution in [0.1, 0.15) is 38.2 Å². The lowest BCUT2D eigenvalue weighted by molar-refractivity contribution is -0.144. The maximum atomic E-state index is 11.4. The van der Waals surface area contributed by atoms with Gasteiger partial charge < -0.3 is 4.74 Å². The van der Waals surface area contributed by atoms with Gasteiger partial charge in [0.05, 0.1) is 6.61 Å². The van der Waals surface area contributed by atoms with Crippen LogP contribution in [0.3, 0.4) is 0 Å². The Kier molecular flexibility index (Phi) is 6.05. The predicted octanol–water partition coefficient (Wildman–Crippen LogP) is 3.27. The number of nitroso groups, excluding NO2 is 1. The number of ether oxygens (including phenoxy) is 1. The van der Waals surface area contributed by atoms with Crippen molar-refractivity contribution in [3.8, 4) is 0 Å². The minimum absolute atomic E-state index is 0.277. The Balaban J connectivity index is 2.48. The molecule has 0 N–H and O–H groups in total. The number of hydrogen-bond acceptors (Lipinski definition) is 4. The summed E-state index contributed by atoms with van der Waals surface area (Å²) in [5.74, 6) is -0.224. The Hall–Kier alpha value is -1.71. The molecule has 1 aromatic carbocycles. The van der Waals surface area contributed by atoms with E-state index in [0.29, 0.717) is 12.3 Å². The molecular formula is C14H19NO3. The molecule has 0 aliphatic carbocycles. The first-order valence-corrected chi connectivity index (χ1v) is 6.23. The van der Waals surface area contributed by atoms with Gasteiger partial charge in [-0.25, -0.2) is 4.79 Å². The van der Waals surface area contributed by atoms with Crippen LogP contribution >= 0.6 is 0 Å². The SMILES string of the molecule is CCOC(=O)C(CCC(C)c1ccccc1)N=O. The summed E-state index contributed by atoms with van der Waals surface area (Å²) < 4.78 is 4.80. The first-order valence-electron chi connectivity index (χ1n) is 6.23. The van der Waals surface area contributed by atoms with Gasteiger partial charge in [-0.1, -0.05) is 42.4 Å². The molecule has 1 aromatic rings. The van der Waals surface area contributed by atoms with Crippen LogP contribution in [0.15, 0.2) is 35.5 Å². The summed E-state index contributed by atoms with van der Waals surface area (Å²) in [6.07, 6.45) is 1.16. The van der Waals surface area contributed by atoms with Crippen LogP contribution in [0, 0.1) is 4.91 Å². The van der Waals surface area contributed by atoms with Gasteiger partial charge in [0.15, 0.2) is 6.04 Å². The van der Waals surface area contributed by atoms with E-state index in [1.807, 2.05) is 30.3 Å². The lowest BCUT2D eigenvalue weighted by atomic mass is 9.94. The average molecular weight is 249 g/mol. The Bertz CT molecular complexity index is 378. The highest BCUT2D eigenvalue weighted by atomic mass is 16.5. The fraction of sp³-hybridized carbons (Fsp3) is 0.500. The molecular weight excluding hydrogens is 230 g/mol. The van der Waals surface area contributed by atoms with Crippen LogP contribution in [0.4, 0.5) is 0 Å². The first kappa shape index (κ1) is 14.4. The minimum atomic E-state index is -0.879. The van der Waals surface area contributed by atoms with E-state index in [-0.39, 0.29) is 6.61 Å². The lowest BCUT2D eigenvalue weighted by Gasteiger charge is -2.13. The molecule has 0 radical (unpaired) electrons. The van der Waals surface area contributed by atoms with Gasteiger partial charge in [-0.05, 0) is 31.2 Å². The highest BCUT2D eigenvalue weighted by Crippen LogP contribution is 2.22. The van der Waals surface area contributed by atoms with Crippen LogP contribution in [-0.4, -0.2) is 18.6 Å². The van der Waals surface area contributed by atoms with E-state index in [9.17, 15) is 9.70 Å². The third-order valence-corrected chi connectivity index (χ3v) is 2.93. The van der Waals surface area contributed by atoms with E-state index >= 15 is 0 Å². The summed E-state index contributed by atoms with van der Waals surface area (Å²) in [5, 5.41) is 2.85. The highest BCUT2D eigenvalue weighted by Gasteiger charge is 2.21. The number of hydrogen-bond donors (Lipinski definition) is 0.